The monoisotopic (exact) mass is 84.0 g/mol. The molecule has 0 amide bonds. The van der Waals surface area contributed by atoms with Crippen molar-refractivity contribution in [1.82, 2.24) is 0 Å². The zero-order chi connectivity index (χ0) is 3.41. The quantitative estimate of drug-likeness (QED) is 0.305. The molecule has 0 aromatic rings. The Balaban J connectivity index is 0. The minimum atomic E-state index is 0. The van der Waals surface area contributed by atoms with Gasteiger partial charge in [-0.3, -0.25) is 4.79 Å². The van der Waals surface area contributed by atoms with E-state index in [2.05, 4.69) is 4.74 Å². The zero-order valence-corrected chi connectivity index (χ0v) is 2.39. The van der Waals surface area contributed by atoms with Crippen LogP contribution in [0.5, 0.6) is 0 Å². The van der Waals surface area contributed by atoms with E-state index in [4.69, 9.17) is 4.79 Å². The van der Waals surface area contributed by atoms with Gasteiger partial charge in [0.15, 0.2) is 0 Å². The van der Waals surface area contributed by atoms with E-state index in [0.29, 0.717) is 6.47 Å². The van der Waals surface area contributed by atoms with Crippen LogP contribution in [0.1, 0.15) is 0 Å². The molecule has 0 unspecified atom stereocenters. The molecular weight excluding hydrogens is 79.0 g/mol. The summed E-state index contributed by atoms with van der Waals surface area (Å²) in [5, 5.41) is 0. The first-order chi connectivity index (χ1) is 1.91. The van der Waals surface area contributed by atoms with Crippen LogP contribution in [0.2, 0.25) is 0 Å². The average molecular weight is 84.0 g/mol. The molecule has 0 bridgehead atoms. The zero-order valence-electron chi connectivity index (χ0n) is 2.39. The normalized spacial score (nSPS) is 4.20. The van der Waals surface area contributed by atoms with Crippen molar-refractivity contribution in [1.29, 1.82) is 0 Å². The first-order valence-corrected chi connectivity index (χ1v) is 0.880. The predicted octanol–water partition coefficient (Wildman–Crippen LogP) is -0.859. The second-order valence-electron chi connectivity index (χ2n) is 0.332. The van der Waals surface area contributed by atoms with Crippen LogP contribution in [-0.4, -0.2) is 43.1 Å². The van der Waals surface area contributed by atoms with Crippen molar-refractivity contribution in [2.75, 3.05) is 7.11 Å². The van der Waals surface area contributed by atoms with Gasteiger partial charge >= 0.3 is 29.6 Å². The van der Waals surface area contributed by atoms with Gasteiger partial charge in [0.1, 0.15) is 0 Å². The molecule has 0 saturated carbocycles. The van der Waals surface area contributed by atoms with Gasteiger partial charge in [-0.05, 0) is 0 Å². The van der Waals surface area contributed by atoms with Crippen LogP contribution in [0.15, 0.2) is 0 Å². The van der Waals surface area contributed by atoms with Crippen LogP contribution in [0.25, 0.3) is 0 Å². The number of carbonyl (C=O) groups excluding carboxylic acids is 1. The fourth-order valence-electron chi connectivity index (χ4n) is 0. The Morgan fingerprint density at radius 1 is 1.80 bits per heavy atom. The van der Waals surface area contributed by atoms with Crippen molar-refractivity contribution in [2.24, 2.45) is 0 Å². The maximum absolute atomic E-state index is 8.95. The van der Waals surface area contributed by atoms with Gasteiger partial charge in [0.05, 0.1) is 7.11 Å². The molecule has 2 nitrogen and oxygen atoms in total. The van der Waals surface area contributed by atoms with Crippen molar-refractivity contribution in [3.05, 3.63) is 0 Å². The molecule has 0 spiro atoms. The van der Waals surface area contributed by atoms with Gasteiger partial charge in [-0.1, -0.05) is 0 Å². The van der Waals surface area contributed by atoms with Crippen molar-refractivity contribution < 1.29 is 9.53 Å². The van der Waals surface area contributed by atoms with Gasteiger partial charge in [-0.25, -0.2) is 0 Å². The van der Waals surface area contributed by atoms with Crippen LogP contribution < -0.4 is 0 Å². The van der Waals surface area contributed by atoms with Crippen LogP contribution in [0.4, 0.5) is 0 Å². The molecule has 0 fully saturated rings. The van der Waals surface area contributed by atoms with E-state index in [1.54, 1.807) is 0 Å². The molecule has 0 aromatic carbocycles. The Kier molecular flexibility index (Phi) is 16.0. The molecule has 0 aliphatic carbocycles. The van der Waals surface area contributed by atoms with Crippen LogP contribution in [0.3, 0.4) is 0 Å². The van der Waals surface area contributed by atoms with E-state index in [-0.39, 0.29) is 29.6 Å². The summed E-state index contributed by atoms with van der Waals surface area (Å²) in [4.78, 5) is 8.95. The topological polar surface area (TPSA) is 26.3 Å². The maximum atomic E-state index is 8.95. The summed E-state index contributed by atoms with van der Waals surface area (Å²) in [6.45, 7) is 0.375. The molecule has 0 aliphatic rings. The van der Waals surface area contributed by atoms with E-state index >= 15 is 0 Å². The molecule has 5 heavy (non-hydrogen) atoms. The summed E-state index contributed by atoms with van der Waals surface area (Å²) >= 11 is 0. The Hall–Kier alpha value is 0.470. The van der Waals surface area contributed by atoms with Crippen LogP contribution in [0, 0.1) is 0 Å². The van der Waals surface area contributed by atoms with E-state index in [1.807, 2.05) is 0 Å². The van der Waals surface area contributed by atoms with E-state index < -0.39 is 0 Å². The van der Waals surface area contributed by atoms with Crippen LogP contribution in [-0.2, 0) is 9.53 Å². The first-order valence-electron chi connectivity index (χ1n) is 0.880. The van der Waals surface area contributed by atoms with Gasteiger partial charge in [0.25, 0.3) is 6.47 Å². The van der Waals surface area contributed by atoms with Gasteiger partial charge in [0, 0.05) is 0 Å². The third-order valence-electron chi connectivity index (χ3n) is 0.0962. The molecule has 0 saturated heterocycles. The van der Waals surface area contributed by atoms with E-state index in [9.17, 15) is 0 Å². The van der Waals surface area contributed by atoms with Gasteiger partial charge in [0.2, 0.25) is 0 Å². The number of hydrogen-bond acceptors (Lipinski definition) is 2. The SMILES string of the molecule is COC=O.[NaH]. The number of methoxy groups -OCH3 is 1. The van der Waals surface area contributed by atoms with Gasteiger partial charge < -0.3 is 4.74 Å². The Labute approximate surface area is 52.8 Å². The Bertz CT molecular complexity index is 21.6. The second kappa shape index (κ2) is 8.82. The van der Waals surface area contributed by atoms with E-state index in [1.165, 1.54) is 7.11 Å². The molecule has 0 N–H and O–H groups in total. The van der Waals surface area contributed by atoms with Crippen molar-refractivity contribution in [3.8, 4) is 0 Å². The standard InChI is InChI=1S/C2H4O2.Na.H/c1-4-2-3;;/h2H,1H3;;. The molecule has 0 atom stereocenters. The number of ether oxygens (including phenoxy) is 1. The number of rotatable bonds is 1. The molecule has 0 radical (unpaired) electrons. The molecule has 26 valence electrons. The van der Waals surface area contributed by atoms with E-state index in [0.717, 1.165) is 0 Å². The molecule has 0 aromatic heterocycles. The first kappa shape index (κ1) is 9.08. The number of carbonyl (C=O) groups is 1. The average Bonchev–Trinajstić information content (AvgIpc) is 1.37. The fraction of sp³-hybridized carbons (Fsp3) is 0.500. The summed E-state index contributed by atoms with van der Waals surface area (Å²) in [6.07, 6.45) is 0. The Morgan fingerprint density at radius 3 is 2.00 bits per heavy atom. The summed E-state index contributed by atoms with van der Waals surface area (Å²) in [7, 11) is 1.31. The van der Waals surface area contributed by atoms with Gasteiger partial charge in [-0.2, -0.15) is 0 Å². The van der Waals surface area contributed by atoms with Crippen molar-refractivity contribution in [2.45, 2.75) is 0 Å². The van der Waals surface area contributed by atoms with Crippen LogP contribution >= 0.6 is 0 Å². The molecule has 3 heteroatoms. The molecular formula is C2H5NaO2. The summed E-state index contributed by atoms with van der Waals surface area (Å²) in [5.74, 6) is 0. The third kappa shape index (κ3) is 12.6. The molecule has 0 aliphatic heterocycles. The van der Waals surface area contributed by atoms with Crippen molar-refractivity contribution in [3.63, 3.8) is 0 Å². The summed E-state index contributed by atoms with van der Waals surface area (Å²) < 4.78 is 3.86. The number of hydrogen-bond donors (Lipinski definition) is 0. The fourth-order valence-corrected chi connectivity index (χ4v) is 0. The third-order valence-corrected chi connectivity index (χ3v) is 0.0962. The molecule has 0 heterocycles. The second-order valence-corrected chi connectivity index (χ2v) is 0.332. The predicted molar refractivity (Wildman–Crippen MR) is 20.2 cm³/mol. The summed E-state index contributed by atoms with van der Waals surface area (Å²) in [6, 6.07) is 0. The Morgan fingerprint density at radius 2 is 2.00 bits per heavy atom. The van der Waals surface area contributed by atoms with Gasteiger partial charge in [-0.15, -0.1) is 0 Å². The van der Waals surface area contributed by atoms with Crippen molar-refractivity contribution >= 4 is 36.0 Å². The molecule has 0 rings (SSSR count). The minimum absolute atomic E-state index is 0. The summed E-state index contributed by atoms with van der Waals surface area (Å²) in [5.41, 5.74) is 0.